The van der Waals surface area contributed by atoms with Crippen molar-refractivity contribution in [2.45, 2.75) is 26.6 Å². The second kappa shape index (κ2) is 7.82. The Bertz CT molecular complexity index is 1330. The highest BCUT2D eigenvalue weighted by Gasteiger charge is 2.18. The average Bonchev–Trinajstić information content (AvgIpc) is 3.19. The highest BCUT2D eigenvalue weighted by Crippen LogP contribution is 2.11. The van der Waals surface area contributed by atoms with Crippen LogP contribution in [0, 0.1) is 0 Å². The van der Waals surface area contributed by atoms with E-state index in [4.69, 9.17) is 5.73 Å². The van der Waals surface area contributed by atoms with E-state index in [1.54, 1.807) is 35.2 Å². The molecular formula is C22H21N5O3. The summed E-state index contributed by atoms with van der Waals surface area (Å²) in [6.45, 7) is 2.86. The number of carbonyl (C=O) groups excluding carboxylic acids is 1. The first kappa shape index (κ1) is 19.4. The molecule has 0 atom stereocenters. The first-order valence-corrected chi connectivity index (χ1v) is 9.60. The van der Waals surface area contributed by atoms with Crippen LogP contribution in [0.1, 0.15) is 28.4 Å². The Morgan fingerprint density at radius 1 is 0.933 bits per heavy atom. The monoisotopic (exact) mass is 403 g/mol. The molecule has 4 aromatic rings. The van der Waals surface area contributed by atoms with Crippen LogP contribution in [0.25, 0.3) is 11.2 Å². The average molecular weight is 403 g/mol. The number of rotatable bonds is 6. The molecule has 0 radical (unpaired) electrons. The lowest BCUT2D eigenvalue weighted by Crippen LogP contribution is -2.41. The zero-order valence-electron chi connectivity index (χ0n) is 16.5. The molecule has 0 spiro atoms. The lowest BCUT2D eigenvalue weighted by Gasteiger charge is -2.13. The molecule has 2 aromatic carbocycles. The lowest BCUT2D eigenvalue weighted by molar-refractivity contribution is 0.100. The van der Waals surface area contributed by atoms with E-state index in [1.165, 1.54) is 9.13 Å². The fourth-order valence-electron chi connectivity index (χ4n) is 3.48. The molecule has 8 nitrogen and oxygen atoms in total. The first-order chi connectivity index (χ1) is 14.5. The third kappa shape index (κ3) is 3.43. The van der Waals surface area contributed by atoms with E-state index in [0.717, 1.165) is 5.56 Å². The van der Waals surface area contributed by atoms with Crippen molar-refractivity contribution < 1.29 is 4.79 Å². The standard InChI is InChI=1S/C22H21N5O3/c1-2-25-14-24-20-18(25)21(29)27(13-16-8-10-17(11-9-16)19(23)28)22(30)26(20)12-15-6-4-3-5-7-15/h3-11,14H,2,12-13H2,1H3,(H2,23,28). The molecule has 0 aliphatic rings. The number of nitrogens with two attached hydrogens (primary N) is 1. The third-order valence-electron chi connectivity index (χ3n) is 5.09. The summed E-state index contributed by atoms with van der Waals surface area (Å²) in [5.74, 6) is -0.530. The SMILES string of the molecule is CCn1cnc2c1c(=O)n(Cc1ccc(C(N)=O)cc1)c(=O)n2Cc1ccccc1. The molecule has 0 unspecified atom stereocenters. The predicted molar refractivity (Wildman–Crippen MR) is 114 cm³/mol. The van der Waals surface area contributed by atoms with Gasteiger partial charge in [0.15, 0.2) is 11.2 Å². The van der Waals surface area contributed by atoms with Gasteiger partial charge in [0.05, 0.1) is 19.4 Å². The summed E-state index contributed by atoms with van der Waals surface area (Å²) < 4.78 is 4.47. The van der Waals surface area contributed by atoms with Crippen molar-refractivity contribution in [3.05, 3.63) is 98.5 Å². The first-order valence-electron chi connectivity index (χ1n) is 9.60. The molecule has 0 saturated heterocycles. The molecule has 4 rings (SSSR count). The fraction of sp³-hybridized carbons (Fsp3) is 0.182. The number of hydrogen-bond acceptors (Lipinski definition) is 4. The van der Waals surface area contributed by atoms with Crippen molar-refractivity contribution in [1.29, 1.82) is 0 Å². The van der Waals surface area contributed by atoms with Crippen LogP contribution in [0.3, 0.4) is 0 Å². The van der Waals surface area contributed by atoms with Crippen molar-refractivity contribution in [2.75, 3.05) is 0 Å². The van der Waals surface area contributed by atoms with Gasteiger partial charge < -0.3 is 10.3 Å². The maximum absolute atomic E-state index is 13.3. The lowest BCUT2D eigenvalue weighted by atomic mass is 10.1. The van der Waals surface area contributed by atoms with E-state index < -0.39 is 17.2 Å². The van der Waals surface area contributed by atoms with Gasteiger partial charge in [-0.15, -0.1) is 0 Å². The number of aromatic nitrogens is 4. The third-order valence-corrected chi connectivity index (χ3v) is 5.09. The molecule has 1 amide bonds. The molecule has 0 saturated carbocycles. The smallest absolute Gasteiger partial charge is 0.333 e. The molecule has 0 fully saturated rings. The van der Waals surface area contributed by atoms with Gasteiger partial charge >= 0.3 is 5.69 Å². The van der Waals surface area contributed by atoms with Crippen LogP contribution in [0.2, 0.25) is 0 Å². The summed E-state index contributed by atoms with van der Waals surface area (Å²) in [6.07, 6.45) is 1.58. The molecule has 0 bridgehead atoms. The van der Waals surface area contributed by atoms with Gasteiger partial charge in [0, 0.05) is 12.1 Å². The summed E-state index contributed by atoms with van der Waals surface area (Å²) >= 11 is 0. The van der Waals surface area contributed by atoms with Crippen LogP contribution in [-0.2, 0) is 19.6 Å². The fourth-order valence-corrected chi connectivity index (χ4v) is 3.48. The number of nitrogens with zero attached hydrogens (tertiary/aromatic N) is 4. The minimum Gasteiger partial charge on any atom is -0.366 e. The van der Waals surface area contributed by atoms with Gasteiger partial charge in [-0.3, -0.25) is 18.7 Å². The minimum atomic E-state index is -0.530. The van der Waals surface area contributed by atoms with Gasteiger partial charge in [0.2, 0.25) is 5.91 Å². The van der Waals surface area contributed by atoms with Crippen LogP contribution < -0.4 is 17.0 Å². The second-order valence-electron chi connectivity index (χ2n) is 7.01. The maximum Gasteiger partial charge on any atom is 0.333 e. The Balaban J connectivity index is 1.87. The van der Waals surface area contributed by atoms with Crippen molar-refractivity contribution in [1.82, 2.24) is 18.7 Å². The molecule has 8 heteroatoms. The summed E-state index contributed by atoms with van der Waals surface area (Å²) in [5.41, 5.74) is 7.24. The van der Waals surface area contributed by atoms with E-state index in [2.05, 4.69) is 4.98 Å². The zero-order valence-corrected chi connectivity index (χ0v) is 16.5. The molecule has 30 heavy (non-hydrogen) atoms. The topological polar surface area (TPSA) is 105 Å². The highest BCUT2D eigenvalue weighted by molar-refractivity contribution is 5.92. The zero-order chi connectivity index (χ0) is 21.3. The van der Waals surface area contributed by atoms with Crippen molar-refractivity contribution in [2.24, 2.45) is 5.73 Å². The van der Waals surface area contributed by atoms with Crippen LogP contribution in [0.4, 0.5) is 0 Å². The number of benzene rings is 2. The quantitative estimate of drug-likeness (QED) is 0.528. The number of imidazole rings is 1. The Morgan fingerprint density at radius 2 is 1.57 bits per heavy atom. The second-order valence-corrected chi connectivity index (χ2v) is 7.01. The van der Waals surface area contributed by atoms with E-state index in [-0.39, 0.29) is 6.54 Å². The van der Waals surface area contributed by atoms with Gasteiger partial charge in [-0.05, 0) is 30.2 Å². The Morgan fingerprint density at radius 3 is 2.20 bits per heavy atom. The molecule has 2 heterocycles. The van der Waals surface area contributed by atoms with Gasteiger partial charge in [-0.25, -0.2) is 9.78 Å². The van der Waals surface area contributed by atoms with Gasteiger partial charge in [-0.2, -0.15) is 0 Å². The van der Waals surface area contributed by atoms with Crippen LogP contribution in [-0.4, -0.2) is 24.6 Å². The number of fused-ring (bicyclic) bond motifs is 1. The summed E-state index contributed by atoms with van der Waals surface area (Å²) in [5, 5.41) is 0. The summed E-state index contributed by atoms with van der Waals surface area (Å²) in [6, 6.07) is 16.1. The summed E-state index contributed by atoms with van der Waals surface area (Å²) in [4.78, 5) is 42.1. The Kier molecular flexibility index (Phi) is 5.05. The molecule has 2 N–H and O–H groups in total. The molecule has 152 valence electrons. The Hall–Kier alpha value is -3.94. The van der Waals surface area contributed by atoms with E-state index in [1.807, 2.05) is 37.3 Å². The highest BCUT2D eigenvalue weighted by atomic mass is 16.2. The van der Waals surface area contributed by atoms with E-state index >= 15 is 0 Å². The number of carbonyl (C=O) groups is 1. The predicted octanol–water partition coefficient (Wildman–Crippen LogP) is 1.58. The van der Waals surface area contributed by atoms with Crippen molar-refractivity contribution in [3.63, 3.8) is 0 Å². The Labute approximate surface area is 171 Å². The van der Waals surface area contributed by atoms with Gasteiger partial charge in [-0.1, -0.05) is 42.5 Å². The molecule has 0 aliphatic heterocycles. The summed E-state index contributed by atoms with van der Waals surface area (Å²) in [7, 11) is 0. The maximum atomic E-state index is 13.3. The van der Waals surface area contributed by atoms with Gasteiger partial charge in [0.25, 0.3) is 5.56 Å². The van der Waals surface area contributed by atoms with Crippen LogP contribution in [0.5, 0.6) is 0 Å². The van der Waals surface area contributed by atoms with E-state index in [9.17, 15) is 14.4 Å². The molecular weight excluding hydrogens is 382 g/mol. The number of amides is 1. The molecule has 2 aromatic heterocycles. The minimum absolute atomic E-state index is 0.0797. The van der Waals surface area contributed by atoms with Crippen LogP contribution >= 0.6 is 0 Å². The van der Waals surface area contributed by atoms with E-state index in [0.29, 0.717) is 35.4 Å². The van der Waals surface area contributed by atoms with Crippen molar-refractivity contribution >= 4 is 17.1 Å². The normalized spacial score (nSPS) is 11.1. The molecule has 0 aliphatic carbocycles. The number of hydrogen-bond donors (Lipinski definition) is 1. The van der Waals surface area contributed by atoms with Crippen LogP contribution in [0.15, 0.2) is 70.5 Å². The number of primary amides is 1. The van der Waals surface area contributed by atoms with Gasteiger partial charge in [0.1, 0.15) is 0 Å². The largest absolute Gasteiger partial charge is 0.366 e. The number of aryl methyl sites for hydroxylation is 1. The van der Waals surface area contributed by atoms with Crippen molar-refractivity contribution in [3.8, 4) is 0 Å².